The van der Waals surface area contributed by atoms with Crippen molar-refractivity contribution in [3.05, 3.63) is 46.2 Å². The molecule has 4 nitrogen and oxygen atoms in total. The fraction of sp³-hybridized carbons (Fsp3) is 0.438. The Hall–Kier alpha value is -1.33. The van der Waals surface area contributed by atoms with Crippen molar-refractivity contribution in [2.45, 2.75) is 32.2 Å². The second kappa shape index (κ2) is 7.61. The number of rotatable bonds is 7. The summed E-state index contributed by atoms with van der Waals surface area (Å²) in [6.07, 6.45) is 4.43. The maximum atomic E-state index is 6.07. The van der Waals surface area contributed by atoms with E-state index in [0.717, 1.165) is 40.7 Å². The van der Waals surface area contributed by atoms with Gasteiger partial charge in [0.2, 0.25) is 0 Å². The molecular formula is C16H22BrN3O. The highest BCUT2D eigenvalue weighted by Gasteiger charge is 2.11. The van der Waals surface area contributed by atoms with Crippen molar-refractivity contribution in [3.63, 3.8) is 0 Å². The van der Waals surface area contributed by atoms with Crippen LogP contribution in [0.3, 0.4) is 0 Å². The maximum Gasteiger partial charge on any atom is 0.136 e. The van der Waals surface area contributed by atoms with E-state index in [9.17, 15) is 0 Å². The number of benzene rings is 1. The lowest BCUT2D eigenvalue weighted by atomic mass is 10.0. The molecule has 0 bridgehead atoms. The molecule has 0 aliphatic rings. The number of para-hydroxylation sites is 1. The van der Waals surface area contributed by atoms with Gasteiger partial charge in [-0.25, -0.2) is 0 Å². The average Bonchev–Trinajstić information content (AvgIpc) is 2.87. The van der Waals surface area contributed by atoms with Crippen molar-refractivity contribution in [1.29, 1.82) is 0 Å². The first-order chi connectivity index (χ1) is 10.1. The Kier molecular flexibility index (Phi) is 5.82. The lowest BCUT2D eigenvalue weighted by Crippen LogP contribution is -2.22. The second-order valence-corrected chi connectivity index (χ2v) is 6.00. The van der Waals surface area contributed by atoms with Gasteiger partial charge in [-0.1, -0.05) is 19.1 Å². The van der Waals surface area contributed by atoms with E-state index in [1.54, 1.807) is 6.20 Å². The van der Waals surface area contributed by atoms with Gasteiger partial charge < -0.3 is 10.5 Å². The number of hydrogen-bond acceptors (Lipinski definition) is 3. The molecule has 0 saturated carbocycles. The first-order valence-electron chi connectivity index (χ1n) is 7.24. The second-order valence-electron chi connectivity index (χ2n) is 5.15. The Balaban J connectivity index is 2.03. The van der Waals surface area contributed by atoms with Crippen molar-refractivity contribution in [1.82, 2.24) is 9.78 Å². The molecule has 1 aromatic carbocycles. The number of hydrogen-bond donors (Lipinski definition) is 1. The molecule has 114 valence electrons. The normalized spacial score (nSPS) is 12.4. The zero-order valence-corrected chi connectivity index (χ0v) is 14.1. The van der Waals surface area contributed by atoms with Crippen LogP contribution in [0.1, 0.15) is 24.6 Å². The van der Waals surface area contributed by atoms with Crippen LogP contribution in [0.25, 0.3) is 0 Å². The van der Waals surface area contributed by atoms with Crippen LogP contribution in [-0.4, -0.2) is 22.4 Å². The predicted octanol–water partition coefficient (Wildman–Crippen LogP) is 3.08. The third-order valence-electron chi connectivity index (χ3n) is 3.58. The SMILES string of the molecule is CCC(N)Cc1cccc(Br)c1OCCc1ccnn1C. The van der Waals surface area contributed by atoms with Crippen LogP contribution < -0.4 is 10.5 Å². The number of aryl methyl sites for hydroxylation is 1. The van der Waals surface area contributed by atoms with Crippen LogP contribution in [0, 0.1) is 0 Å². The van der Waals surface area contributed by atoms with Gasteiger partial charge in [-0.2, -0.15) is 5.10 Å². The summed E-state index contributed by atoms with van der Waals surface area (Å²) in [7, 11) is 1.94. The van der Waals surface area contributed by atoms with E-state index >= 15 is 0 Å². The fourth-order valence-electron chi connectivity index (χ4n) is 2.21. The zero-order chi connectivity index (χ0) is 15.2. The van der Waals surface area contributed by atoms with Gasteiger partial charge in [0, 0.05) is 31.4 Å². The summed E-state index contributed by atoms with van der Waals surface area (Å²) in [6, 6.07) is 8.28. The van der Waals surface area contributed by atoms with Crippen molar-refractivity contribution in [2.24, 2.45) is 12.8 Å². The monoisotopic (exact) mass is 351 g/mol. The Bertz CT molecular complexity index is 583. The lowest BCUT2D eigenvalue weighted by Gasteiger charge is -2.16. The van der Waals surface area contributed by atoms with Gasteiger partial charge in [-0.3, -0.25) is 4.68 Å². The fourth-order valence-corrected chi connectivity index (χ4v) is 2.73. The Morgan fingerprint density at radius 2 is 2.19 bits per heavy atom. The number of aromatic nitrogens is 2. The van der Waals surface area contributed by atoms with Crippen LogP contribution in [0.2, 0.25) is 0 Å². The van der Waals surface area contributed by atoms with Crippen LogP contribution >= 0.6 is 15.9 Å². The molecule has 0 radical (unpaired) electrons. The average molecular weight is 352 g/mol. The molecule has 1 unspecified atom stereocenters. The molecule has 0 amide bonds. The minimum absolute atomic E-state index is 0.165. The summed E-state index contributed by atoms with van der Waals surface area (Å²) in [6.45, 7) is 2.72. The van der Waals surface area contributed by atoms with Gasteiger partial charge in [0.25, 0.3) is 0 Å². The van der Waals surface area contributed by atoms with Gasteiger partial charge in [0.15, 0.2) is 0 Å². The molecule has 0 saturated heterocycles. The molecule has 5 heteroatoms. The molecule has 1 atom stereocenters. The minimum Gasteiger partial charge on any atom is -0.492 e. The highest BCUT2D eigenvalue weighted by atomic mass is 79.9. The first kappa shape index (κ1) is 16.0. The zero-order valence-electron chi connectivity index (χ0n) is 12.6. The molecule has 0 spiro atoms. The summed E-state index contributed by atoms with van der Waals surface area (Å²) in [5.74, 6) is 0.906. The Morgan fingerprint density at radius 1 is 1.38 bits per heavy atom. The van der Waals surface area contributed by atoms with Gasteiger partial charge in [0.1, 0.15) is 5.75 Å². The predicted molar refractivity (Wildman–Crippen MR) is 88.5 cm³/mol. The van der Waals surface area contributed by atoms with Gasteiger partial charge in [0.05, 0.1) is 11.1 Å². The summed E-state index contributed by atoms with van der Waals surface area (Å²) < 4.78 is 8.85. The first-order valence-corrected chi connectivity index (χ1v) is 8.03. The van der Waals surface area contributed by atoms with Crippen molar-refractivity contribution in [2.75, 3.05) is 6.61 Å². The van der Waals surface area contributed by atoms with Gasteiger partial charge in [-0.05, 0) is 46.5 Å². The quantitative estimate of drug-likeness (QED) is 0.833. The highest BCUT2D eigenvalue weighted by Crippen LogP contribution is 2.30. The molecule has 2 aromatic rings. The summed E-state index contributed by atoms with van der Waals surface area (Å²) >= 11 is 3.57. The van der Waals surface area contributed by atoms with E-state index < -0.39 is 0 Å². The number of halogens is 1. The Morgan fingerprint density at radius 3 is 2.86 bits per heavy atom. The molecule has 2 N–H and O–H groups in total. The summed E-state index contributed by atoms with van der Waals surface area (Å²) in [4.78, 5) is 0. The van der Waals surface area contributed by atoms with E-state index in [4.69, 9.17) is 10.5 Å². The number of nitrogens with two attached hydrogens (primary N) is 1. The summed E-state index contributed by atoms with van der Waals surface area (Å²) in [5, 5.41) is 4.16. The molecule has 1 aromatic heterocycles. The molecule has 2 rings (SSSR count). The van der Waals surface area contributed by atoms with Crippen molar-refractivity contribution >= 4 is 15.9 Å². The third kappa shape index (κ3) is 4.32. The molecule has 0 aliphatic carbocycles. The molecular weight excluding hydrogens is 330 g/mol. The van der Waals surface area contributed by atoms with Crippen molar-refractivity contribution in [3.8, 4) is 5.75 Å². The standard InChI is InChI=1S/C16H22BrN3O/c1-3-13(18)11-12-5-4-6-15(17)16(12)21-10-8-14-7-9-19-20(14)2/h4-7,9,13H,3,8,10-11,18H2,1-2H3. The highest BCUT2D eigenvalue weighted by molar-refractivity contribution is 9.10. The summed E-state index contributed by atoms with van der Waals surface area (Å²) in [5.41, 5.74) is 8.38. The van der Waals surface area contributed by atoms with E-state index in [1.807, 2.05) is 29.9 Å². The van der Waals surface area contributed by atoms with E-state index in [2.05, 4.69) is 34.0 Å². The minimum atomic E-state index is 0.165. The molecule has 1 heterocycles. The van der Waals surface area contributed by atoms with E-state index in [0.29, 0.717) is 6.61 Å². The molecule has 0 fully saturated rings. The smallest absolute Gasteiger partial charge is 0.136 e. The topological polar surface area (TPSA) is 53.1 Å². The number of ether oxygens (including phenoxy) is 1. The van der Waals surface area contributed by atoms with Gasteiger partial charge >= 0.3 is 0 Å². The van der Waals surface area contributed by atoms with E-state index in [-0.39, 0.29) is 6.04 Å². The maximum absolute atomic E-state index is 6.07. The molecule has 21 heavy (non-hydrogen) atoms. The number of nitrogens with zero attached hydrogens (tertiary/aromatic N) is 2. The van der Waals surface area contributed by atoms with Gasteiger partial charge in [-0.15, -0.1) is 0 Å². The third-order valence-corrected chi connectivity index (χ3v) is 4.21. The van der Waals surface area contributed by atoms with Crippen LogP contribution in [-0.2, 0) is 19.9 Å². The van der Waals surface area contributed by atoms with Crippen LogP contribution in [0.4, 0.5) is 0 Å². The van der Waals surface area contributed by atoms with E-state index in [1.165, 1.54) is 0 Å². The van der Waals surface area contributed by atoms with Crippen molar-refractivity contribution < 1.29 is 4.74 Å². The molecule has 0 aliphatic heterocycles. The van der Waals surface area contributed by atoms with Crippen LogP contribution in [0.15, 0.2) is 34.9 Å². The largest absolute Gasteiger partial charge is 0.492 e. The Labute approximate surface area is 134 Å². The van der Waals surface area contributed by atoms with Crippen LogP contribution in [0.5, 0.6) is 5.75 Å². The lowest BCUT2D eigenvalue weighted by molar-refractivity contribution is 0.312.